The van der Waals surface area contributed by atoms with E-state index in [1.165, 1.54) is 11.8 Å². The van der Waals surface area contributed by atoms with Gasteiger partial charge in [0.05, 0.1) is 11.3 Å². The highest BCUT2D eigenvalue weighted by Crippen LogP contribution is 2.22. The standard InChI is InChI=1S/C19H20ClN5O2S/c1-4-25-9-5-6-14(18(25)27)17-22-23-19(24(17)3)28-11-16(26)21-13-8-7-12(2)15(20)10-13/h5-10H,4,11H2,1-3H3,(H,21,26). The summed E-state index contributed by atoms with van der Waals surface area (Å²) in [6, 6.07) is 8.90. The number of nitrogens with zero attached hydrogens (tertiary/aromatic N) is 4. The highest BCUT2D eigenvalue weighted by molar-refractivity contribution is 7.99. The quantitative estimate of drug-likeness (QED) is 0.622. The van der Waals surface area contributed by atoms with E-state index >= 15 is 0 Å². The van der Waals surface area contributed by atoms with Gasteiger partial charge in [0, 0.05) is 30.5 Å². The van der Waals surface area contributed by atoms with Crippen LogP contribution in [-0.2, 0) is 18.4 Å². The van der Waals surface area contributed by atoms with Crippen LogP contribution in [0.25, 0.3) is 11.4 Å². The predicted molar refractivity (Wildman–Crippen MR) is 112 cm³/mol. The van der Waals surface area contributed by atoms with Gasteiger partial charge in [0.2, 0.25) is 5.91 Å². The van der Waals surface area contributed by atoms with Crippen LogP contribution in [0.2, 0.25) is 5.02 Å². The highest BCUT2D eigenvalue weighted by Gasteiger charge is 2.16. The van der Waals surface area contributed by atoms with Gasteiger partial charge in [-0.3, -0.25) is 9.59 Å². The minimum Gasteiger partial charge on any atom is -0.325 e. The van der Waals surface area contributed by atoms with Crippen molar-refractivity contribution >= 4 is 35.0 Å². The molecule has 3 aromatic rings. The van der Waals surface area contributed by atoms with E-state index in [4.69, 9.17) is 11.6 Å². The van der Waals surface area contributed by atoms with Crippen LogP contribution in [0, 0.1) is 6.92 Å². The average molecular weight is 418 g/mol. The molecule has 28 heavy (non-hydrogen) atoms. The summed E-state index contributed by atoms with van der Waals surface area (Å²) in [6.45, 7) is 4.38. The van der Waals surface area contributed by atoms with E-state index in [2.05, 4.69) is 15.5 Å². The van der Waals surface area contributed by atoms with Crippen LogP contribution in [0.1, 0.15) is 12.5 Å². The Kier molecular flexibility index (Phi) is 6.21. The number of hydrogen-bond acceptors (Lipinski definition) is 5. The third kappa shape index (κ3) is 4.28. The van der Waals surface area contributed by atoms with Crippen molar-refractivity contribution in [3.63, 3.8) is 0 Å². The minimum absolute atomic E-state index is 0.119. The van der Waals surface area contributed by atoms with Crippen LogP contribution in [0.5, 0.6) is 0 Å². The van der Waals surface area contributed by atoms with Crippen molar-refractivity contribution in [1.29, 1.82) is 0 Å². The van der Waals surface area contributed by atoms with Gasteiger partial charge in [-0.05, 0) is 43.7 Å². The monoisotopic (exact) mass is 417 g/mol. The Labute approximate surface area is 171 Å². The van der Waals surface area contributed by atoms with Crippen molar-refractivity contribution in [1.82, 2.24) is 19.3 Å². The number of nitrogens with one attached hydrogen (secondary N) is 1. The predicted octanol–water partition coefficient (Wildman–Crippen LogP) is 3.36. The number of pyridine rings is 1. The van der Waals surface area contributed by atoms with Gasteiger partial charge in [-0.2, -0.15) is 0 Å². The van der Waals surface area contributed by atoms with Crippen LogP contribution in [0.15, 0.2) is 46.5 Å². The first-order valence-corrected chi connectivity index (χ1v) is 10.0. The van der Waals surface area contributed by atoms with Crippen LogP contribution in [-0.4, -0.2) is 31.0 Å². The van der Waals surface area contributed by atoms with Crippen molar-refractivity contribution in [2.24, 2.45) is 7.05 Å². The fourth-order valence-electron chi connectivity index (χ4n) is 2.63. The van der Waals surface area contributed by atoms with Gasteiger partial charge in [0.25, 0.3) is 5.56 Å². The molecule has 0 spiro atoms. The van der Waals surface area contributed by atoms with Gasteiger partial charge in [0.1, 0.15) is 0 Å². The fraction of sp³-hybridized carbons (Fsp3) is 0.263. The molecule has 0 saturated carbocycles. The summed E-state index contributed by atoms with van der Waals surface area (Å²) in [5.74, 6) is 0.453. The lowest BCUT2D eigenvalue weighted by atomic mass is 10.2. The van der Waals surface area contributed by atoms with Crippen LogP contribution in [0.4, 0.5) is 5.69 Å². The summed E-state index contributed by atoms with van der Waals surface area (Å²) in [7, 11) is 1.78. The van der Waals surface area contributed by atoms with E-state index in [1.54, 1.807) is 40.6 Å². The molecule has 146 valence electrons. The van der Waals surface area contributed by atoms with Gasteiger partial charge in [-0.25, -0.2) is 0 Å². The number of amides is 1. The third-order valence-electron chi connectivity index (χ3n) is 4.22. The molecule has 1 aromatic carbocycles. The number of carbonyl (C=O) groups excluding carboxylic acids is 1. The van der Waals surface area contributed by atoms with E-state index in [9.17, 15) is 9.59 Å². The smallest absolute Gasteiger partial charge is 0.261 e. The Balaban J connectivity index is 1.70. The molecule has 0 saturated heterocycles. The van der Waals surface area contributed by atoms with Gasteiger partial charge >= 0.3 is 0 Å². The average Bonchev–Trinajstić information content (AvgIpc) is 3.04. The van der Waals surface area contributed by atoms with Crippen molar-refractivity contribution in [2.75, 3.05) is 11.1 Å². The van der Waals surface area contributed by atoms with Crippen molar-refractivity contribution in [2.45, 2.75) is 25.5 Å². The SMILES string of the molecule is CCn1cccc(-c2nnc(SCC(=O)Nc3ccc(C)c(Cl)c3)n2C)c1=O. The van der Waals surface area contributed by atoms with Gasteiger partial charge < -0.3 is 14.5 Å². The van der Waals surface area contributed by atoms with E-state index in [-0.39, 0.29) is 17.2 Å². The Morgan fingerprint density at radius 1 is 1.29 bits per heavy atom. The molecule has 1 N–H and O–H groups in total. The first-order valence-electron chi connectivity index (χ1n) is 8.68. The maximum atomic E-state index is 12.5. The second kappa shape index (κ2) is 8.62. The number of benzene rings is 1. The molecule has 2 heterocycles. The molecule has 2 aromatic heterocycles. The second-order valence-electron chi connectivity index (χ2n) is 6.18. The number of halogens is 1. The molecule has 0 aliphatic carbocycles. The molecule has 0 bridgehead atoms. The van der Waals surface area contributed by atoms with Crippen molar-refractivity contribution < 1.29 is 4.79 Å². The maximum absolute atomic E-state index is 12.5. The Morgan fingerprint density at radius 3 is 2.79 bits per heavy atom. The molecule has 7 nitrogen and oxygen atoms in total. The summed E-state index contributed by atoms with van der Waals surface area (Å²) in [5, 5.41) is 12.2. The Morgan fingerprint density at radius 2 is 2.07 bits per heavy atom. The third-order valence-corrected chi connectivity index (χ3v) is 5.65. The summed E-state index contributed by atoms with van der Waals surface area (Å²) >= 11 is 7.33. The lowest BCUT2D eigenvalue weighted by Gasteiger charge is -2.07. The summed E-state index contributed by atoms with van der Waals surface area (Å²) in [5.41, 5.74) is 1.95. The van der Waals surface area contributed by atoms with E-state index in [0.29, 0.717) is 33.8 Å². The van der Waals surface area contributed by atoms with Gasteiger partial charge in [0.15, 0.2) is 11.0 Å². The Hall–Kier alpha value is -2.58. The molecule has 0 atom stereocenters. The highest BCUT2D eigenvalue weighted by atomic mass is 35.5. The molecular formula is C19H20ClN5O2S. The molecule has 0 unspecified atom stereocenters. The van der Waals surface area contributed by atoms with E-state index in [1.807, 2.05) is 26.0 Å². The first-order chi connectivity index (χ1) is 13.4. The number of hydrogen-bond donors (Lipinski definition) is 1. The topological polar surface area (TPSA) is 81.8 Å². The Bertz CT molecular complexity index is 1080. The molecule has 0 aliphatic heterocycles. The molecule has 3 rings (SSSR count). The number of anilines is 1. The molecule has 1 amide bonds. The van der Waals surface area contributed by atoms with Crippen LogP contribution < -0.4 is 10.9 Å². The molecule has 0 aliphatic rings. The summed E-state index contributed by atoms with van der Waals surface area (Å²) in [4.78, 5) is 24.7. The van der Waals surface area contributed by atoms with Gasteiger partial charge in [-0.1, -0.05) is 29.4 Å². The zero-order chi connectivity index (χ0) is 20.3. The fourth-order valence-corrected chi connectivity index (χ4v) is 3.52. The van der Waals surface area contributed by atoms with Crippen molar-refractivity contribution in [3.05, 3.63) is 57.5 Å². The summed E-state index contributed by atoms with van der Waals surface area (Å²) < 4.78 is 3.33. The largest absolute Gasteiger partial charge is 0.325 e. The molecule has 9 heteroatoms. The lowest BCUT2D eigenvalue weighted by molar-refractivity contribution is -0.113. The molecular weight excluding hydrogens is 398 g/mol. The van der Waals surface area contributed by atoms with E-state index in [0.717, 1.165) is 5.56 Å². The van der Waals surface area contributed by atoms with Gasteiger partial charge in [-0.15, -0.1) is 10.2 Å². The van der Waals surface area contributed by atoms with Crippen LogP contribution in [0.3, 0.4) is 0 Å². The lowest BCUT2D eigenvalue weighted by Crippen LogP contribution is -2.20. The molecule has 0 fully saturated rings. The zero-order valence-corrected chi connectivity index (χ0v) is 17.3. The summed E-state index contributed by atoms with van der Waals surface area (Å²) in [6.07, 6.45) is 1.74. The van der Waals surface area contributed by atoms with Crippen molar-refractivity contribution in [3.8, 4) is 11.4 Å². The normalized spacial score (nSPS) is 10.9. The number of thioether (sulfide) groups is 1. The maximum Gasteiger partial charge on any atom is 0.261 e. The number of aromatic nitrogens is 4. The minimum atomic E-state index is -0.178. The zero-order valence-electron chi connectivity index (χ0n) is 15.8. The second-order valence-corrected chi connectivity index (χ2v) is 7.53. The number of aryl methyl sites for hydroxylation is 2. The van der Waals surface area contributed by atoms with Crippen LogP contribution >= 0.6 is 23.4 Å². The molecule has 0 radical (unpaired) electrons. The number of carbonyl (C=O) groups is 1. The van der Waals surface area contributed by atoms with E-state index < -0.39 is 0 Å². The first kappa shape index (κ1) is 20.2. The number of rotatable bonds is 6.